The Morgan fingerprint density at radius 1 is 1.61 bits per heavy atom. The smallest absolute Gasteiger partial charge is 0.263 e. The molecule has 0 unspecified atom stereocenters. The van der Waals surface area contributed by atoms with Crippen molar-refractivity contribution < 1.29 is 9.53 Å². The van der Waals surface area contributed by atoms with Crippen molar-refractivity contribution in [3.8, 4) is 5.75 Å². The summed E-state index contributed by atoms with van der Waals surface area (Å²) in [6.45, 7) is 3.98. The second kappa shape index (κ2) is 5.42. The number of hydrogen-bond acceptors (Lipinski definition) is 3. The van der Waals surface area contributed by atoms with Crippen LogP contribution in [0.5, 0.6) is 5.75 Å². The van der Waals surface area contributed by atoms with E-state index >= 15 is 0 Å². The number of fused-ring (bicyclic) bond motifs is 1. The third-order valence-corrected chi connectivity index (χ3v) is 4.12. The molecule has 0 saturated carbocycles. The van der Waals surface area contributed by atoms with Crippen LogP contribution in [-0.2, 0) is 0 Å². The highest BCUT2D eigenvalue weighted by Crippen LogP contribution is 2.37. The van der Waals surface area contributed by atoms with E-state index in [2.05, 4.69) is 11.9 Å². The maximum absolute atomic E-state index is 11.9. The van der Waals surface area contributed by atoms with Crippen molar-refractivity contribution in [2.75, 3.05) is 13.7 Å². The Bertz CT molecular complexity index is 606. The third-order valence-electron chi connectivity index (χ3n) is 2.45. The van der Waals surface area contributed by atoms with Crippen LogP contribution in [0.2, 0.25) is 5.02 Å². The highest BCUT2D eigenvalue weighted by molar-refractivity contribution is 7.21. The van der Waals surface area contributed by atoms with Gasteiger partial charge in [0.25, 0.3) is 5.91 Å². The zero-order valence-corrected chi connectivity index (χ0v) is 11.4. The molecule has 1 aromatic carbocycles. The SMILES string of the molecule is C=CCNC(=O)c1sc2ccc(OC)cc2c1Cl. The summed E-state index contributed by atoms with van der Waals surface area (Å²) in [6.07, 6.45) is 1.63. The maximum Gasteiger partial charge on any atom is 0.263 e. The van der Waals surface area contributed by atoms with Gasteiger partial charge in [0.2, 0.25) is 0 Å². The van der Waals surface area contributed by atoms with Crippen LogP contribution in [-0.4, -0.2) is 19.6 Å². The predicted molar refractivity (Wildman–Crippen MR) is 75.9 cm³/mol. The molecule has 0 aliphatic heterocycles. The van der Waals surface area contributed by atoms with Crippen LogP contribution in [0.15, 0.2) is 30.9 Å². The maximum atomic E-state index is 11.9. The van der Waals surface area contributed by atoms with E-state index in [1.165, 1.54) is 11.3 Å². The highest BCUT2D eigenvalue weighted by Gasteiger charge is 2.16. The van der Waals surface area contributed by atoms with E-state index < -0.39 is 0 Å². The van der Waals surface area contributed by atoms with E-state index in [4.69, 9.17) is 16.3 Å². The lowest BCUT2D eigenvalue weighted by molar-refractivity contribution is 0.0962. The Kier molecular flexibility index (Phi) is 3.89. The van der Waals surface area contributed by atoms with Crippen LogP contribution in [0, 0.1) is 0 Å². The first-order valence-corrected chi connectivity index (χ1v) is 6.52. The number of amides is 1. The van der Waals surface area contributed by atoms with E-state index in [0.717, 1.165) is 15.8 Å². The average Bonchev–Trinajstić information content (AvgIpc) is 2.73. The van der Waals surface area contributed by atoms with Gasteiger partial charge in [0.1, 0.15) is 10.6 Å². The molecule has 94 valence electrons. The molecule has 0 aliphatic rings. The monoisotopic (exact) mass is 281 g/mol. The molecule has 0 saturated heterocycles. The van der Waals surface area contributed by atoms with Crippen molar-refractivity contribution in [2.45, 2.75) is 0 Å². The highest BCUT2D eigenvalue weighted by atomic mass is 35.5. The van der Waals surface area contributed by atoms with E-state index in [1.807, 2.05) is 18.2 Å². The lowest BCUT2D eigenvalue weighted by Crippen LogP contribution is -2.22. The van der Waals surface area contributed by atoms with Crippen LogP contribution >= 0.6 is 22.9 Å². The number of methoxy groups -OCH3 is 1. The van der Waals surface area contributed by atoms with Gasteiger partial charge in [0.05, 0.1) is 12.1 Å². The molecule has 0 bridgehead atoms. The van der Waals surface area contributed by atoms with Crippen molar-refractivity contribution in [1.82, 2.24) is 5.32 Å². The standard InChI is InChI=1S/C13H12ClNO2S/c1-3-6-15-13(16)12-11(14)9-7-8(17-2)4-5-10(9)18-12/h3-5,7H,1,6H2,2H3,(H,15,16). The van der Waals surface area contributed by atoms with Gasteiger partial charge < -0.3 is 10.1 Å². The fourth-order valence-electron chi connectivity index (χ4n) is 1.56. The molecule has 2 rings (SSSR count). The predicted octanol–water partition coefficient (Wildman–Crippen LogP) is 3.48. The van der Waals surface area contributed by atoms with Crippen molar-refractivity contribution in [3.05, 3.63) is 40.8 Å². The molecule has 0 spiro atoms. The second-order valence-corrected chi connectivity index (χ2v) is 5.04. The first-order chi connectivity index (χ1) is 8.67. The molecule has 0 aliphatic carbocycles. The normalized spacial score (nSPS) is 10.3. The first-order valence-electron chi connectivity index (χ1n) is 5.32. The van der Waals surface area contributed by atoms with Gasteiger partial charge in [0, 0.05) is 16.6 Å². The molecular formula is C13H12ClNO2S. The Morgan fingerprint density at radius 2 is 2.39 bits per heavy atom. The van der Waals surface area contributed by atoms with Crippen LogP contribution < -0.4 is 10.1 Å². The molecule has 2 aromatic rings. The number of hydrogen-bond donors (Lipinski definition) is 1. The number of nitrogens with one attached hydrogen (secondary N) is 1. The van der Waals surface area contributed by atoms with Gasteiger partial charge in [-0.15, -0.1) is 17.9 Å². The van der Waals surface area contributed by atoms with Gasteiger partial charge >= 0.3 is 0 Å². The summed E-state index contributed by atoms with van der Waals surface area (Å²) in [6, 6.07) is 5.58. The number of carbonyl (C=O) groups excluding carboxylic acids is 1. The molecule has 3 nitrogen and oxygen atoms in total. The zero-order chi connectivity index (χ0) is 13.1. The molecule has 0 atom stereocenters. The van der Waals surface area contributed by atoms with Gasteiger partial charge in [-0.1, -0.05) is 17.7 Å². The van der Waals surface area contributed by atoms with Crippen molar-refractivity contribution >= 4 is 38.9 Å². The van der Waals surface area contributed by atoms with Gasteiger partial charge in [-0.05, 0) is 18.2 Å². The van der Waals surface area contributed by atoms with E-state index in [9.17, 15) is 4.79 Å². The van der Waals surface area contributed by atoms with Crippen LogP contribution in [0.25, 0.3) is 10.1 Å². The number of rotatable bonds is 4. The van der Waals surface area contributed by atoms with Crippen molar-refractivity contribution in [2.24, 2.45) is 0 Å². The number of benzene rings is 1. The summed E-state index contributed by atoms with van der Waals surface area (Å²) in [5.41, 5.74) is 0. The van der Waals surface area contributed by atoms with Gasteiger partial charge in [-0.2, -0.15) is 0 Å². The van der Waals surface area contributed by atoms with E-state index in [-0.39, 0.29) is 5.91 Å². The number of thiophene rings is 1. The summed E-state index contributed by atoms with van der Waals surface area (Å²) in [4.78, 5) is 12.4. The Hall–Kier alpha value is -1.52. The molecule has 5 heteroatoms. The van der Waals surface area contributed by atoms with Gasteiger partial charge in [-0.25, -0.2) is 0 Å². The molecule has 18 heavy (non-hydrogen) atoms. The lowest BCUT2D eigenvalue weighted by Gasteiger charge is -1.99. The average molecular weight is 282 g/mol. The molecular weight excluding hydrogens is 270 g/mol. The number of carbonyl (C=O) groups is 1. The fraction of sp³-hybridized carbons (Fsp3) is 0.154. The summed E-state index contributed by atoms with van der Waals surface area (Å²) >= 11 is 7.60. The van der Waals surface area contributed by atoms with Crippen LogP contribution in [0.1, 0.15) is 9.67 Å². The van der Waals surface area contributed by atoms with E-state index in [1.54, 1.807) is 13.2 Å². The Balaban J connectivity index is 2.43. The number of ether oxygens (including phenoxy) is 1. The Labute approximate surface area is 114 Å². The summed E-state index contributed by atoms with van der Waals surface area (Å²) in [7, 11) is 1.60. The topological polar surface area (TPSA) is 38.3 Å². The molecule has 0 fully saturated rings. The first kappa shape index (κ1) is 12.9. The van der Waals surface area contributed by atoms with Crippen molar-refractivity contribution in [3.63, 3.8) is 0 Å². The number of halogens is 1. The summed E-state index contributed by atoms with van der Waals surface area (Å²) in [5, 5.41) is 4.02. The summed E-state index contributed by atoms with van der Waals surface area (Å²) < 4.78 is 6.11. The molecule has 1 heterocycles. The fourth-order valence-corrected chi connectivity index (χ4v) is 2.97. The largest absolute Gasteiger partial charge is 0.497 e. The zero-order valence-electron chi connectivity index (χ0n) is 9.83. The molecule has 0 radical (unpaired) electrons. The minimum atomic E-state index is -0.180. The molecule has 1 aromatic heterocycles. The summed E-state index contributed by atoms with van der Waals surface area (Å²) in [5.74, 6) is 0.542. The molecule has 1 N–H and O–H groups in total. The second-order valence-electron chi connectivity index (χ2n) is 3.61. The lowest BCUT2D eigenvalue weighted by atomic mass is 10.2. The quantitative estimate of drug-likeness (QED) is 0.872. The van der Waals surface area contributed by atoms with Gasteiger partial charge in [-0.3, -0.25) is 4.79 Å². The minimum Gasteiger partial charge on any atom is -0.497 e. The van der Waals surface area contributed by atoms with Crippen LogP contribution in [0.4, 0.5) is 0 Å². The third kappa shape index (κ3) is 2.35. The Morgan fingerprint density at radius 3 is 3.06 bits per heavy atom. The van der Waals surface area contributed by atoms with E-state index in [0.29, 0.717) is 16.4 Å². The molecule has 1 amide bonds. The van der Waals surface area contributed by atoms with Gasteiger partial charge in [0.15, 0.2) is 0 Å². The van der Waals surface area contributed by atoms with Crippen LogP contribution in [0.3, 0.4) is 0 Å². The minimum absolute atomic E-state index is 0.180. The van der Waals surface area contributed by atoms with Crippen molar-refractivity contribution in [1.29, 1.82) is 0 Å².